The second-order valence-electron chi connectivity index (χ2n) is 3.59. The lowest BCUT2D eigenvalue weighted by Crippen LogP contribution is -2.01. The summed E-state index contributed by atoms with van der Waals surface area (Å²) in [6.45, 7) is 3.99. The molecule has 0 bridgehead atoms. The maximum Gasteiger partial charge on any atom is 0.194 e. The molecule has 0 saturated carbocycles. The van der Waals surface area contributed by atoms with E-state index in [1.807, 2.05) is 13.8 Å². The summed E-state index contributed by atoms with van der Waals surface area (Å²) >= 11 is 0. The van der Waals surface area contributed by atoms with Crippen molar-refractivity contribution in [3.05, 3.63) is 35.1 Å². The number of hydrogen-bond acceptors (Lipinski definition) is 0. The number of benzene rings is 1. The van der Waals surface area contributed by atoms with Crippen LogP contribution >= 0.6 is 0 Å². The molecule has 0 fully saturated rings. The van der Waals surface area contributed by atoms with E-state index in [0.717, 1.165) is 18.6 Å². The van der Waals surface area contributed by atoms with Crippen molar-refractivity contribution in [2.24, 2.45) is 5.92 Å². The Morgan fingerprint density at radius 1 is 1.14 bits per heavy atom. The summed E-state index contributed by atoms with van der Waals surface area (Å²) in [5, 5.41) is 0. The van der Waals surface area contributed by atoms with Gasteiger partial charge in [-0.1, -0.05) is 20.3 Å². The first kappa shape index (κ1) is 11.1. The van der Waals surface area contributed by atoms with E-state index in [4.69, 9.17) is 0 Å². The maximum absolute atomic E-state index is 12.8. The van der Waals surface area contributed by atoms with Crippen LogP contribution in [-0.4, -0.2) is 0 Å². The fourth-order valence-corrected chi connectivity index (χ4v) is 1.27. The van der Waals surface area contributed by atoms with Crippen molar-refractivity contribution >= 4 is 0 Å². The Morgan fingerprint density at radius 3 is 2.07 bits per heavy atom. The standard InChI is InChI=1S/C11H13F3/c1-3-7(2)4-8-5-9(12)11(14)10(13)6-8/h5-7H,3-4H2,1-2H3. The van der Waals surface area contributed by atoms with Gasteiger partial charge in [-0.25, -0.2) is 13.2 Å². The molecule has 1 atom stereocenters. The second-order valence-corrected chi connectivity index (χ2v) is 3.59. The van der Waals surface area contributed by atoms with Crippen LogP contribution < -0.4 is 0 Å². The Balaban J connectivity index is 2.89. The van der Waals surface area contributed by atoms with Crippen LogP contribution in [0.4, 0.5) is 13.2 Å². The van der Waals surface area contributed by atoms with Crippen molar-refractivity contribution in [3.63, 3.8) is 0 Å². The molecule has 1 unspecified atom stereocenters. The van der Waals surface area contributed by atoms with Crippen molar-refractivity contribution in [2.45, 2.75) is 26.7 Å². The molecule has 0 aliphatic rings. The molecular formula is C11H13F3. The average molecular weight is 202 g/mol. The predicted molar refractivity (Wildman–Crippen MR) is 49.5 cm³/mol. The van der Waals surface area contributed by atoms with E-state index in [9.17, 15) is 13.2 Å². The van der Waals surface area contributed by atoms with Gasteiger partial charge in [0.25, 0.3) is 0 Å². The summed E-state index contributed by atoms with van der Waals surface area (Å²) < 4.78 is 38.1. The molecule has 0 heterocycles. The monoisotopic (exact) mass is 202 g/mol. The Morgan fingerprint density at radius 2 is 1.64 bits per heavy atom. The highest BCUT2D eigenvalue weighted by Crippen LogP contribution is 2.17. The molecule has 0 nitrogen and oxygen atoms in total. The minimum absolute atomic E-state index is 0.347. The van der Waals surface area contributed by atoms with E-state index in [1.165, 1.54) is 0 Å². The van der Waals surface area contributed by atoms with Gasteiger partial charge in [0.15, 0.2) is 17.5 Å². The van der Waals surface area contributed by atoms with Gasteiger partial charge >= 0.3 is 0 Å². The third-order valence-corrected chi connectivity index (χ3v) is 2.32. The molecule has 1 aromatic carbocycles. The quantitative estimate of drug-likeness (QED) is 0.656. The van der Waals surface area contributed by atoms with Crippen molar-refractivity contribution in [1.82, 2.24) is 0 Å². The van der Waals surface area contributed by atoms with Crippen LogP contribution in [-0.2, 0) is 6.42 Å². The third kappa shape index (κ3) is 2.50. The van der Waals surface area contributed by atoms with E-state index in [-0.39, 0.29) is 0 Å². The first-order chi connectivity index (χ1) is 6.54. The van der Waals surface area contributed by atoms with Crippen LogP contribution in [0.3, 0.4) is 0 Å². The Kier molecular flexibility index (Phi) is 3.55. The average Bonchev–Trinajstić information content (AvgIpc) is 2.14. The summed E-state index contributed by atoms with van der Waals surface area (Å²) in [5.74, 6) is -3.26. The predicted octanol–water partition coefficient (Wildman–Crippen LogP) is 3.69. The molecule has 78 valence electrons. The summed E-state index contributed by atoms with van der Waals surface area (Å²) in [4.78, 5) is 0. The van der Waals surface area contributed by atoms with Crippen molar-refractivity contribution in [3.8, 4) is 0 Å². The molecule has 0 aliphatic heterocycles. The van der Waals surface area contributed by atoms with Gasteiger partial charge in [0.1, 0.15) is 0 Å². The van der Waals surface area contributed by atoms with Gasteiger partial charge in [0.2, 0.25) is 0 Å². The van der Waals surface area contributed by atoms with E-state index >= 15 is 0 Å². The van der Waals surface area contributed by atoms with Crippen LogP contribution in [0.2, 0.25) is 0 Å². The molecule has 0 radical (unpaired) electrons. The van der Waals surface area contributed by atoms with Gasteiger partial charge < -0.3 is 0 Å². The Hall–Kier alpha value is -0.990. The first-order valence-corrected chi connectivity index (χ1v) is 4.68. The Bertz CT molecular complexity index is 297. The van der Waals surface area contributed by atoms with Gasteiger partial charge in [0, 0.05) is 0 Å². The van der Waals surface area contributed by atoms with Crippen LogP contribution in [0.5, 0.6) is 0 Å². The van der Waals surface area contributed by atoms with Crippen LogP contribution in [0.15, 0.2) is 12.1 Å². The minimum atomic E-state index is -1.39. The van der Waals surface area contributed by atoms with Crippen molar-refractivity contribution in [1.29, 1.82) is 0 Å². The Labute approximate surface area is 81.8 Å². The van der Waals surface area contributed by atoms with Crippen LogP contribution in [0.1, 0.15) is 25.8 Å². The van der Waals surface area contributed by atoms with E-state index in [0.29, 0.717) is 17.9 Å². The molecule has 0 saturated heterocycles. The highest BCUT2D eigenvalue weighted by molar-refractivity contribution is 5.19. The largest absolute Gasteiger partial charge is 0.204 e. The topological polar surface area (TPSA) is 0 Å². The van der Waals surface area contributed by atoms with Gasteiger partial charge in [-0.15, -0.1) is 0 Å². The lowest BCUT2D eigenvalue weighted by Gasteiger charge is -2.08. The molecule has 1 aromatic rings. The fourth-order valence-electron chi connectivity index (χ4n) is 1.27. The van der Waals surface area contributed by atoms with Gasteiger partial charge in [0.05, 0.1) is 0 Å². The molecule has 0 aromatic heterocycles. The zero-order valence-corrected chi connectivity index (χ0v) is 8.28. The summed E-state index contributed by atoms with van der Waals surface area (Å²) in [6.07, 6.45) is 1.51. The van der Waals surface area contributed by atoms with Crippen LogP contribution in [0.25, 0.3) is 0 Å². The normalized spacial score (nSPS) is 12.9. The zero-order chi connectivity index (χ0) is 10.7. The minimum Gasteiger partial charge on any atom is -0.204 e. The van der Waals surface area contributed by atoms with E-state index in [2.05, 4.69) is 0 Å². The molecule has 14 heavy (non-hydrogen) atoms. The summed E-state index contributed by atoms with van der Waals surface area (Å²) in [5.41, 5.74) is 0.510. The second kappa shape index (κ2) is 4.49. The smallest absolute Gasteiger partial charge is 0.194 e. The highest BCUT2D eigenvalue weighted by atomic mass is 19.2. The van der Waals surface area contributed by atoms with Gasteiger partial charge in [-0.2, -0.15) is 0 Å². The van der Waals surface area contributed by atoms with Crippen molar-refractivity contribution in [2.75, 3.05) is 0 Å². The van der Waals surface area contributed by atoms with Gasteiger partial charge in [-0.3, -0.25) is 0 Å². The lowest BCUT2D eigenvalue weighted by atomic mass is 9.99. The van der Waals surface area contributed by atoms with E-state index in [1.54, 1.807) is 0 Å². The molecule has 0 N–H and O–H groups in total. The van der Waals surface area contributed by atoms with Crippen LogP contribution in [0, 0.1) is 23.4 Å². The molecule has 3 heteroatoms. The van der Waals surface area contributed by atoms with Crippen molar-refractivity contribution < 1.29 is 13.2 Å². The highest BCUT2D eigenvalue weighted by Gasteiger charge is 2.11. The SMILES string of the molecule is CCC(C)Cc1cc(F)c(F)c(F)c1. The first-order valence-electron chi connectivity index (χ1n) is 4.68. The zero-order valence-electron chi connectivity index (χ0n) is 8.28. The van der Waals surface area contributed by atoms with E-state index < -0.39 is 17.5 Å². The lowest BCUT2D eigenvalue weighted by molar-refractivity contribution is 0.442. The molecular weight excluding hydrogens is 189 g/mol. The number of hydrogen-bond donors (Lipinski definition) is 0. The van der Waals surface area contributed by atoms with Gasteiger partial charge in [-0.05, 0) is 30.0 Å². The third-order valence-electron chi connectivity index (χ3n) is 2.32. The molecule has 0 aliphatic carbocycles. The number of rotatable bonds is 3. The summed E-state index contributed by atoms with van der Waals surface area (Å²) in [7, 11) is 0. The number of halogens is 3. The molecule has 0 spiro atoms. The maximum atomic E-state index is 12.8. The molecule has 1 rings (SSSR count). The summed E-state index contributed by atoms with van der Waals surface area (Å²) in [6, 6.07) is 2.12. The fraction of sp³-hybridized carbons (Fsp3) is 0.455. The molecule has 0 amide bonds.